The molecule has 7 nitrogen and oxygen atoms in total. The van der Waals surface area contributed by atoms with Crippen LogP contribution in [0.3, 0.4) is 0 Å². The number of amides is 1. The Morgan fingerprint density at radius 3 is 2.71 bits per heavy atom. The van der Waals surface area contributed by atoms with Crippen LogP contribution >= 0.6 is 11.8 Å². The number of ether oxygens (including phenoxy) is 2. The Kier molecular flexibility index (Phi) is 7.49. The average Bonchev–Trinajstić information content (AvgIpc) is 3.23. The molecule has 1 aromatic heterocycles. The summed E-state index contributed by atoms with van der Waals surface area (Å²) in [5.41, 5.74) is 1.85. The van der Waals surface area contributed by atoms with E-state index in [1.807, 2.05) is 72.2 Å². The first-order valence-corrected chi connectivity index (χ1v) is 11.8. The van der Waals surface area contributed by atoms with Crippen LogP contribution in [0.5, 0.6) is 11.5 Å². The molecule has 0 saturated heterocycles. The molecule has 34 heavy (non-hydrogen) atoms. The smallest absolute Gasteiger partial charge is 0.234 e. The first kappa shape index (κ1) is 23.4. The lowest BCUT2D eigenvalue weighted by atomic mass is 10.1. The van der Waals surface area contributed by atoms with Crippen molar-refractivity contribution in [2.24, 2.45) is 0 Å². The summed E-state index contributed by atoms with van der Waals surface area (Å²) in [5, 5.41) is 14.3. The number of carbonyl (C=O) groups is 1. The van der Waals surface area contributed by atoms with E-state index < -0.39 is 0 Å². The number of aryl methyl sites for hydroxylation is 1. The number of rotatable bonds is 10. The molecule has 4 rings (SSSR count). The third kappa shape index (κ3) is 5.58. The van der Waals surface area contributed by atoms with Gasteiger partial charge in [-0.2, -0.15) is 0 Å². The minimum Gasteiger partial charge on any atom is -0.493 e. The van der Waals surface area contributed by atoms with Crippen molar-refractivity contribution in [3.05, 3.63) is 84.7 Å². The van der Waals surface area contributed by atoms with Crippen molar-refractivity contribution in [3.8, 4) is 11.5 Å². The van der Waals surface area contributed by atoms with Gasteiger partial charge in [0.15, 0.2) is 22.5 Å². The van der Waals surface area contributed by atoms with Gasteiger partial charge in [0.1, 0.15) is 6.61 Å². The lowest BCUT2D eigenvalue weighted by Crippen LogP contribution is -2.15. The molecule has 1 heterocycles. The zero-order valence-corrected chi connectivity index (χ0v) is 20.0. The first-order valence-electron chi connectivity index (χ1n) is 10.8. The van der Waals surface area contributed by atoms with Crippen LogP contribution < -0.4 is 14.8 Å². The second-order valence-electron chi connectivity index (χ2n) is 7.64. The maximum Gasteiger partial charge on any atom is 0.234 e. The van der Waals surface area contributed by atoms with Gasteiger partial charge in [-0.05, 0) is 47.5 Å². The van der Waals surface area contributed by atoms with Gasteiger partial charge >= 0.3 is 0 Å². The van der Waals surface area contributed by atoms with E-state index in [4.69, 9.17) is 9.47 Å². The predicted molar refractivity (Wildman–Crippen MR) is 136 cm³/mol. The molecule has 4 aromatic rings. The number of carbonyl (C=O) groups excluding carboxylic acids is 1. The van der Waals surface area contributed by atoms with Gasteiger partial charge in [-0.25, -0.2) is 0 Å². The fraction of sp³-hybridized carbons (Fsp3) is 0.192. The summed E-state index contributed by atoms with van der Waals surface area (Å²) in [7, 11) is 1.61. The molecule has 0 saturated carbocycles. The van der Waals surface area contributed by atoms with E-state index >= 15 is 0 Å². The SMILES string of the molecule is C=CCn1c(COc2ccc(C)cc2OC)nnc1SCC(=O)Nc1ccc2ccccc2c1. The van der Waals surface area contributed by atoms with E-state index in [1.54, 1.807) is 13.2 Å². The number of anilines is 1. The summed E-state index contributed by atoms with van der Waals surface area (Å²) < 4.78 is 13.2. The number of fused-ring (bicyclic) bond motifs is 1. The van der Waals surface area contributed by atoms with Crippen molar-refractivity contribution in [1.82, 2.24) is 14.8 Å². The molecule has 8 heteroatoms. The Labute approximate surface area is 202 Å². The molecule has 1 amide bonds. The average molecular weight is 475 g/mol. The molecule has 0 aliphatic carbocycles. The Balaban J connectivity index is 1.39. The van der Waals surface area contributed by atoms with E-state index in [0.717, 1.165) is 22.0 Å². The van der Waals surface area contributed by atoms with Crippen LogP contribution in [0.1, 0.15) is 11.4 Å². The van der Waals surface area contributed by atoms with Gasteiger partial charge in [0.05, 0.1) is 12.9 Å². The third-order valence-corrected chi connectivity index (χ3v) is 6.11. The molecule has 1 N–H and O–H groups in total. The van der Waals surface area contributed by atoms with Crippen LogP contribution in [0, 0.1) is 6.92 Å². The van der Waals surface area contributed by atoms with Crippen molar-refractivity contribution >= 4 is 34.1 Å². The van der Waals surface area contributed by atoms with Crippen molar-refractivity contribution in [1.29, 1.82) is 0 Å². The number of thioether (sulfide) groups is 1. The number of nitrogens with one attached hydrogen (secondary N) is 1. The molecule has 0 aliphatic rings. The Morgan fingerprint density at radius 2 is 1.91 bits per heavy atom. The summed E-state index contributed by atoms with van der Waals surface area (Å²) in [4.78, 5) is 12.6. The van der Waals surface area contributed by atoms with Gasteiger partial charge in [0, 0.05) is 12.2 Å². The van der Waals surface area contributed by atoms with Crippen LogP contribution in [0.25, 0.3) is 10.8 Å². The highest BCUT2D eigenvalue weighted by atomic mass is 32.2. The standard InChI is InChI=1S/C26H26N4O3S/c1-4-13-30-24(16-33-22-12-9-18(2)14-23(22)32-3)28-29-26(30)34-17-25(31)27-21-11-10-19-7-5-6-8-20(19)15-21/h4-12,14-15H,1,13,16-17H2,2-3H3,(H,27,31). The zero-order valence-electron chi connectivity index (χ0n) is 19.2. The topological polar surface area (TPSA) is 78.3 Å². The lowest BCUT2D eigenvalue weighted by Gasteiger charge is -2.12. The molecule has 0 aliphatic heterocycles. The highest BCUT2D eigenvalue weighted by Crippen LogP contribution is 2.29. The zero-order chi connectivity index (χ0) is 23.9. The molecule has 0 fully saturated rings. The number of allylic oxidation sites excluding steroid dienone is 1. The Bertz CT molecular complexity index is 1320. The number of hydrogen-bond donors (Lipinski definition) is 1. The van der Waals surface area contributed by atoms with E-state index in [2.05, 4.69) is 22.1 Å². The van der Waals surface area contributed by atoms with E-state index in [0.29, 0.717) is 29.0 Å². The Hall–Kier alpha value is -3.78. The quantitative estimate of drug-likeness (QED) is 0.250. The van der Waals surface area contributed by atoms with Crippen LogP contribution in [0.4, 0.5) is 5.69 Å². The van der Waals surface area contributed by atoms with Gasteiger partial charge < -0.3 is 14.8 Å². The van der Waals surface area contributed by atoms with Gasteiger partial charge in [0.2, 0.25) is 5.91 Å². The molecular weight excluding hydrogens is 448 g/mol. The predicted octanol–water partition coefficient (Wildman–Crippen LogP) is 5.24. The minimum atomic E-state index is -0.115. The second kappa shape index (κ2) is 10.9. The van der Waals surface area contributed by atoms with E-state index in [9.17, 15) is 4.79 Å². The molecule has 0 unspecified atom stereocenters. The number of aromatic nitrogens is 3. The van der Waals surface area contributed by atoms with E-state index in [1.165, 1.54) is 11.8 Å². The second-order valence-corrected chi connectivity index (χ2v) is 8.58. The molecule has 0 bridgehead atoms. The molecular formula is C26H26N4O3S. The van der Waals surface area contributed by atoms with Gasteiger partial charge in [-0.15, -0.1) is 16.8 Å². The molecule has 174 valence electrons. The molecule has 0 spiro atoms. The van der Waals surface area contributed by atoms with Crippen LogP contribution in [-0.2, 0) is 17.9 Å². The summed E-state index contributed by atoms with van der Waals surface area (Å²) in [5.74, 6) is 2.02. The molecule has 0 radical (unpaired) electrons. The first-order chi connectivity index (χ1) is 16.6. The fourth-order valence-corrected chi connectivity index (χ4v) is 4.24. The molecule has 3 aromatic carbocycles. The largest absolute Gasteiger partial charge is 0.493 e. The number of nitrogens with zero attached hydrogens (tertiary/aromatic N) is 3. The van der Waals surface area contributed by atoms with Crippen LogP contribution in [0.2, 0.25) is 0 Å². The van der Waals surface area contributed by atoms with Crippen molar-refractivity contribution in [3.63, 3.8) is 0 Å². The third-order valence-electron chi connectivity index (χ3n) is 5.15. The summed E-state index contributed by atoms with van der Waals surface area (Å²) in [6.07, 6.45) is 1.76. The number of methoxy groups -OCH3 is 1. The highest BCUT2D eigenvalue weighted by Gasteiger charge is 2.15. The maximum absolute atomic E-state index is 12.6. The fourth-order valence-electron chi connectivity index (χ4n) is 3.48. The van der Waals surface area contributed by atoms with Crippen LogP contribution in [-0.4, -0.2) is 33.5 Å². The highest BCUT2D eigenvalue weighted by molar-refractivity contribution is 7.99. The summed E-state index contributed by atoms with van der Waals surface area (Å²) in [6, 6.07) is 19.6. The summed E-state index contributed by atoms with van der Waals surface area (Å²) in [6.45, 7) is 6.53. The number of benzene rings is 3. The summed E-state index contributed by atoms with van der Waals surface area (Å²) >= 11 is 1.32. The normalized spacial score (nSPS) is 10.8. The van der Waals surface area contributed by atoms with Crippen LogP contribution in [0.15, 0.2) is 78.5 Å². The van der Waals surface area contributed by atoms with Crippen molar-refractivity contribution in [2.75, 3.05) is 18.2 Å². The minimum absolute atomic E-state index is 0.115. The van der Waals surface area contributed by atoms with Crippen molar-refractivity contribution in [2.45, 2.75) is 25.2 Å². The monoisotopic (exact) mass is 474 g/mol. The van der Waals surface area contributed by atoms with Crippen molar-refractivity contribution < 1.29 is 14.3 Å². The number of hydrogen-bond acceptors (Lipinski definition) is 6. The molecule has 0 atom stereocenters. The van der Waals surface area contributed by atoms with Gasteiger partial charge in [0.25, 0.3) is 0 Å². The maximum atomic E-state index is 12.6. The van der Waals surface area contributed by atoms with Gasteiger partial charge in [-0.3, -0.25) is 9.36 Å². The Morgan fingerprint density at radius 1 is 1.09 bits per heavy atom. The van der Waals surface area contributed by atoms with E-state index in [-0.39, 0.29) is 18.3 Å². The van der Waals surface area contributed by atoms with Gasteiger partial charge in [-0.1, -0.05) is 54.2 Å². The lowest BCUT2D eigenvalue weighted by molar-refractivity contribution is -0.113.